The summed E-state index contributed by atoms with van der Waals surface area (Å²) in [7, 11) is 1.62. The van der Waals surface area contributed by atoms with E-state index in [1.165, 1.54) is 36.0 Å². The molecule has 0 aliphatic heterocycles. The Morgan fingerprint density at radius 1 is 1.11 bits per heavy atom. The van der Waals surface area contributed by atoms with Gasteiger partial charge < -0.3 is 4.74 Å². The first-order valence-electron chi connectivity index (χ1n) is 8.50. The molecule has 0 radical (unpaired) electrons. The molecule has 0 fully saturated rings. The van der Waals surface area contributed by atoms with Crippen LogP contribution in [0.4, 0.5) is 4.39 Å². The number of carbonyl (C=O) groups is 1. The SMILES string of the molecule is COc1ccc(-c2nnc(SCC(=O)c3ccc(F)cc3)n2C(C)C)cc1. The van der Waals surface area contributed by atoms with E-state index in [4.69, 9.17) is 4.74 Å². The van der Waals surface area contributed by atoms with Gasteiger partial charge in [-0.2, -0.15) is 0 Å². The van der Waals surface area contributed by atoms with E-state index >= 15 is 0 Å². The van der Waals surface area contributed by atoms with Gasteiger partial charge in [-0.15, -0.1) is 10.2 Å². The van der Waals surface area contributed by atoms with Crippen molar-refractivity contribution in [2.75, 3.05) is 12.9 Å². The number of Topliss-reactive ketones (excluding diaryl/α,β-unsaturated/α-hetero) is 1. The van der Waals surface area contributed by atoms with Crippen LogP contribution in [-0.2, 0) is 0 Å². The summed E-state index contributed by atoms with van der Waals surface area (Å²) in [6, 6.07) is 13.3. The zero-order valence-corrected chi connectivity index (χ0v) is 16.2. The van der Waals surface area contributed by atoms with Crippen LogP contribution in [0, 0.1) is 5.82 Å². The standard InChI is InChI=1S/C20H20FN3O2S/c1-13(2)24-19(15-6-10-17(26-3)11-7-15)22-23-20(24)27-12-18(25)14-4-8-16(21)9-5-14/h4-11,13H,12H2,1-3H3. The van der Waals surface area contributed by atoms with Crippen molar-refractivity contribution in [3.63, 3.8) is 0 Å². The molecule has 0 bridgehead atoms. The lowest BCUT2D eigenvalue weighted by molar-refractivity contribution is 0.102. The number of benzene rings is 2. The number of rotatable bonds is 7. The van der Waals surface area contributed by atoms with Gasteiger partial charge in [-0.05, 0) is 62.4 Å². The van der Waals surface area contributed by atoms with Gasteiger partial charge >= 0.3 is 0 Å². The molecular formula is C20H20FN3O2S. The number of halogens is 1. The van der Waals surface area contributed by atoms with Crippen molar-refractivity contribution in [3.8, 4) is 17.1 Å². The third-order valence-electron chi connectivity index (χ3n) is 4.03. The molecule has 0 saturated heterocycles. The van der Waals surface area contributed by atoms with Crippen LogP contribution in [0.1, 0.15) is 30.2 Å². The minimum Gasteiger partial charge on any atom is -0.497 e. The number of methoxy groups -OCH3 is 1. The molecule has 3 rings (SSSR count). The predicted octanol–water partition coefficient (Wildman–Crippen LogP) is 4.65. The summed E-state index contributed by atoms with van der Waals surface area (Å²) < 4.78 is 20.2. The number of thioether (sulfide) groups is 1. The van der Waals surface area contributed by atoms with Gasteiger partial charge in [0.2, 0.25) is 0 Å². The normalized spacial score (nSPS) is 11.0. The molecule has 2 aromatic carbocycles. The summed E-state index contributed by atoms with van der Waals surface area (Å²) in [5, 5.41) is 9.26. The number of aromatic nitrogens is 3. The second-order valence-corrected chi connectivity index (χ2v) is 7.16. The first-order chi connectivity index (χ1) is 13.0. The largest absolute Gasteiger partial charge is 0.497 e. The average Bonchev–Trinajstić information content (AvgIpc) is 3.11. The van der Waals surface area contributed by atoms with Gasteiger partial charge in [0, 0.05) is 17.2 Å². The fourth-order valence-corrected chi connectivity index (χ4v) is 3.59. The molecule has 0 unspecified atom stereocenters. The summed E-state index contributed by atoms with van der Waals surface area (Å²) in [6.07, 6.45) is 0. The predicted molar refractivity (Wildman–Crippen MR) is 104 cm³/mol. The lowest BCUT2D eigenvalue weighted by atomic mass is 10.1. The van der Waals surface area contributed by atoms with Crippen LogP contribution >= 0.6 is 11.8 Å². The van der Waals surface area contributed by atoms with Crippen molar-refractivity contribution in [3.05, 3.63) is 59.9 Å². The van der Waals surface area contributed by atoms with Gasteiger partial charge in [0.05, 0.1) is 12.9 Å². The van der Waals surface area contributed by atoms with Crippen LogP contribution in [0.3, 0.4) is 0 Å². The van der Waals surface area contributed by atoms with Crippen LogP contribution in [0.5, 0.6) is 5.75 Å². The van der Waals surface area contributed by atoms with Crippen LogP contribution in [-0.4, -0.2) is 33.4 Å². The lowest BCUT2D eigenvalue weighted by Gasteiger charge is -2.14. The van der Waals surface area contributed by atoms with E-state index in [0.717, 1.165) is 17.1 Å². The molecule has 1 heterocycles. The molecule has 27 heavy (non-hydrogen) atoms. The molecule has 0 amide bonds. The molecule has 5 nitrogen and oxygen atoms in total. The van der Waals surface area contributed by atoms with Gasteiger partial charge in [0.15, 0.2) is 16.8 Å². The molecule has 0 aliphatic carbocycles. The minimum atomic E-state index is -0.358. The molecule has 0 N–H and O–H groups in total. The first kappa shape index (κ1) is 19.1. The Morgan fingerprint density at radius 3 is 2.37 bits per heavy atom. The molecule has 0 aliphatic rings. The first-order valence-corrected chi connectivity index (χ1v) is 9.49. The summed E-state index contributed by atoms with van der Waals surface area (Å²) in [4.78, 5) is 12.3. The zero-order valence-electron chi connectivity index (χ0n) is 15.3. The third-order valence-corrected chi connectivity index (χ3v) is 4.97. The number of ketones is 1. The van der Waals surface area contributed by atoms with Crippen molar-refractivity contribution in [2.45, 2.75) is 25.0 Å². The monoisotopic (exact) mass is 385 g/mol. The van der Waals surface area contributed by atoms with Crippen molar-refractivity contribution >= 4 is 17.5 Å². The van der Waals surface area contributed by atoms with Crippen LogP contribution in [0.2, 0.25) is 0 Å². The second-order valence-electron chi connectivity index (χ2n) is 6.22. The van der Waals surface area contributed by atoms with Crippen LogP contribution in [0.25, 0.3) is 11.4 Å². The third kappa shape index (κ3) is 4.36. The molecule has 0 saturated carbocycles. The van der Waals surface area contributed by atoms with Gasteiger partial charge in [0.1, 0.15) is 11.6 Å². The Labute approximate surface area is 161 Å². The van der Waals surface area contributed by atoms with E-state index < -0.39 is 0 Å². The fraction of sp³-hybridized carbons (Fsp3) is 0.250. The topological polar surface area (TPSA) is 57.0 Å². The van der Waals surface area contributed by atoms with Crippen LogP contribution < -0.4 is 4.74 Å². The van der Waals surface area contributed by atoms with E-state index in [2.05, 4.69) is 10.2 Å². The quantitative estimate of drug-likeness (QED) is 0.438. The number of nitrogens with zero attached hydrogens (tertiary/aromatic N) is 3. The highest BCUT2D eigenvalue weighted by Crippen LogP contribution is 2.29. The lowest BCUT2D eigenvalue weighted by Crippen LogP contribution is -2.07. The Balaban J connectivity index is 1.80. The average molecular weight is 385 g/mol. The molecule has 1 aromatic heterocycles. The van der Waals surface area contributed by atoms with Crippen molar-refractivity contribution in [2.24, 2.45) is 0 Å². The maximum atomic E-state index is 13.0. The number of hydrogen-bond donors (Lipinski definition) is 0. The van der Waals surface area contributed by atoms with Crippen LogP contribution in [0.15, 0.2) is 53.7 Å². The van der Waals surface area contributed by atoms with E-state index in [9.17, 15) is 9.18 Å². The number of hydrogen-bond acceptors (Lipinski definition) is 5. The maximum absolute atomic E-state index is 13.0. The fourth-order valence-electron chi connectivity index (χ4n) is 2.63. The highest BCUT2D eigenvalue weighted by atomic mass is 32.2. The van der Waals surface area contributed by atoms with Gasteiger partial charge in [-0.3, -0.25) is 9.36 Å². The summed E-state index contributed by atoms with van der Waals surface area (Å²) in [5.74, 6) is 1.28. The molecule has 0 spiro atoms. The number of ether oxygens (including phenoxy) is 1. The minimum absolute atomic E-state index is 0.0793. The van der Waals surface area contributed by atoms with Crippen molar-refractivity contribution < 1.29 is 13.9 Å². The van der Waals surface area contributed by atoms with E-state index in [1.807, 2.05) is 42.7 Å². The zero-order chi connectivity index (χ0) is 19.4. The van der Waals surface area contributed by atoms with Crippen molar-refractivity contribution in [1.82, 2.24) is 14.8 Å². The summed E-state index contributed by atoms with van der Waals surface area (Å²) >= 11 is 1.33. The Hall–Kier alpha value is -2.67. The number of carbonyl (C=O) groups excluding carboxylic acids is 1. The van der Waals surface area contributed by atoms with Gasteiger partial charge in [0.25, 0.3) is 0 Å². The van der Waals surface area contributed by atoms with E-state index in [-0.39, 0.29) is 23.4 Å². The highest BCUT2D eigenvalue weighted by Gasteiger charge is 2.18. The Morgan fingerprint density at radius 2 is 1.78 bits per heavy atom. The summed E-state index contributed by atoms with van der Waals surface area (Å²) in [5.41, 5.74) is 1.41. The van der Waals surface area contributed by atoms with Gasteiger partial charge in [-0.25, -0.2) is 4.39 Å². The Bertz CT molecular complexity index is 921. The molecule has 7 heteroatoms. The van der Waals surface area contributed by atoms with Crippen molar-refractivity contribution in [1.29, 1.82) is 0 Å². The molecule has 3 aromatic rings. The van der Waals surface area contributed by atoms with E-state index in [0.29, 0.717) is 10.7 Å². The van der Waals surface area contributed by atoms with Gasteiger partial charge in [-0.1, -0.05) is 11.8 Å². The second kappa shape index (κ2) is 8.35. The molecule has 0 atom stereocenters. The smallest absolute Gasteiger partial charge is 0.192 e. The summed E-state index contributed by atoms with van der Waals surface area (Å²) in [6.45, 7) is 4.09. The van der Waals surface area contributed by atoms with E-state index in [1.54, 1.807) is 7.11 Å². The maximum Gasteiger partial charge on any atom is 0.192 e. The Kier molecular flexibility index (Phi) is 5.91. The highest BCUT2D eigenvalue weighted by molar-refractivity contribution is 7.99. The molecular weight excluding hydrogens is 365 g/mol. The molecule has 140 valence electrons.